The Balaban J connectivity index is 1.30. The van der Waals surface area contributed by atoms with Crippen molar-refractivity contribution in [3.8, 4) is 0 Å². The Morgan fingerprint density at radius 2 is 1.90 bits per heavy atom. The van der Waals surface area contributed by atoms with Gasteiger partial charge in [-0.25, -0.2) is 9.78 Å². The Kier molecular flexibility index (Phi) is 9.72. The molecule has 1 saturated heterocycles. The number of halogens is 2. The largest absolute Gasteiger partial charge is 0.467 e. The fraction of sp³-hybridized carbons (Fsp3) is 0.286. The summed E-state index contributed by atoms with van der Waals surface area (Å²) >= 11 is 14.1. The molecule has 1 N–H and O–H groups in total. The van der Waals surface area contributed by atoms with Crippen LogP contribution in [0.4, 0.5) is 0 Å². The van der Waals surface area contributed by atoms with Crippen molar-refractivity contribution in [2.45, 2.75) is 23.9 Å². The molecule has 1 atom stereocenters. The van der Waals surface area contributed by atoms with E-state index < -0.39 is 17.9 Å². The molecule has 0 radical (unpaired) electrons. The number of hydrogen-bond acceptors (Lipinski definition) is 6. The molecule has 2 heterocycles. The molecule has 1 fully saturated rings. The molecule has 3 aromatic rings. The van der Waals surface area contributed by atoms with E-state index in [-0.39, 0.29) is 31.3 Å². The van der Waals surface area contributed by atoms with Crippen LogP contribution in [0, 0.1) is 5.92 Å². The Hall–Kier alpha value is -3.27. The Morgan fingerprint density at radius 1 is 1.15 bits per heavy atom. The van der Waals surface area contributed by atoms with Crippen LogP contribution in [0.3, 0.4) is 0 Å². The lowest BCUT2D eigenvalue weighted by Crippen LogP contribution is -2.57. The third-order valence-corrected chi connectivity index (χ3v) is 8.16. The number of amides is 2. The van der Waals surface area contributed by atoms with Gasteiger partial charge in [-0.2, -0.15) is 0 Å². The minimum Gasteiger partial charge on any atom is -0.467 e. The Labute approximate surface area is 241 Å². The van der Waals surface area contributed by atoms with Crippen molar-refractivity contribution in [2.24, 2.45) is 5.92 Å². The van der Waals surface area contributed by atoms with Crippen LogP contribution in [0.2, 0.25) is 10.0 Å². The highest BCUT2D eigenvalue weighted by Gasteiger charge is 2.36. The molecule has 1 unspecified atom stereocenters. The van der Waals surface area contributed by atoms with Crippen molar-refractivity contribution in [3.63, 3.8) is 0 Å². The van der Waals surface area contributed by atoms with Crippen LogP contribution in [-0.4, -0.2) is 64.7 Å². The van der Waals surface area contributed by atoms with Gasteiger partial charge in [0.25, 0.3) is 0 Å². The van der Waals surface area contributed by atoms with E-state index in [1.54, 1.807) is 23.4 Å². The second-order valence-electron chi connectivity index (χ2n) is 9.07. The van der Waals surface area contributed by atoms with E-state index in [1.165, 1.54) is 24.9 Å². The molecule has 8 nitrogen and oxygen atoms in total. The van der Waals surface area contributed by atoms with Gasteiger partial charge in [-0.15, -0.1) is 11.8 Å². The number of methoxy groups -OCH3 is 1. The zero-order valence-electron chi connectivity index (χ0n) is 21.5. The summed E-state index contributed by atoms with van der Waals surface area (Å²) in [6.45, 7) is 1.13. The first-order chi connectivity index (χ1) is 18.8. The molecule has 4 rings (SSSR count). The van der Waals surface area contributed by atoms with Gasteiger partial charge in [0, 0.05) is 43.2 Å². The normalized spacial score (nSPS) is 14.2. The third kappa shape index (κ3) is 7.23. The number of rotatable bonds is 10. The van der Waals surface area contributed by atoms with Gasteiger partial charge in [0.2, 0.25) is 11.8 Å². The maximum Gasteiger partial charge on any atom is 0.328 e. The second kappa shape index (κ2) is 13.2. The van der Waals surface area contributed by atoms with Gasteiger partial charge in [0.1, 0.15) is 6.04 Å². The maximum atomic E-state index is 12.8. The topological polar surface area (TPSA) is 93.5 Å². The molecule has 1 aliphatic heterocycles. The van der Waals surface area contributed by atoms with Gasteiger partial charge in [-0.05, 0) is 29.5 Å². The van der Waals surface area contributed by atoms with Crippen molar-refractivity contribution in [1.82, 2.24) is 19.8 Å². The molecule has 0 bridgehead atoms. The monoisotopic (exact) mass is 586 g/mol. The lowest BCUT2D eigenvalue weighted by atomic mass is 9.98. The van der Waals surface area contributed by atoms with Gasteiger partial charge < -0.3 is 19.5 Å². The highest BCUT2D eigenvalue weighted by atomic mass is 35.5. The van der Waals surface area contributed by atoms with E-state index in [4.69, 9.17) is 27.9 Å². The Bertz CT molecular complexity index is 1370. The van der Waals surface area contributed by atoms with Gasteiger partial charge in [0.05, 0.1) is 35.1 Å². The summed E-state index contributed by atoms with van der Waals surface area (Å²) in [4.78, 5) is 44.6. The number of hydrogen-bond donors (Lipinski definition) is 1. The predicted octanol–water partition coefficient (Wildman–Crippen LogP) is 4.33. The van der Waals surface area contributed by atoms with E-state index in [9.17, 15) is 14.4 Å². The second-order valence-corrected chi connectivity index (χ2v) is 10.7. The fourth-order valence-corrected chi connectivity index (χ4v) is 5.32. The van der Waals surface area contributed by atoms with Crippen LogP contribution in [0.5, 0.6) is 0 Å². The molecule has 0 saturated carbocycles. The van der Waals surface area contributed by atoms with Crippen LogP contribution < -0.4 is 5.32 Å². The third-order valence-electron chi connectivity index (χ3n) is 6.38. The van der Waals surface area contributed by atoms with Crippen LogP contribution in [0.1, 0.15) is 16.8 Å². The zero-order chi connectivity index (χ0) is 27.9. The van der Waals surface area contributed by atoms with Gasteiger partial charge in [-0.1, -0.05) is 59.6 Å². The van der Waals surface area contributed by atoms with Crippen molar-refractivity contribution in [2.75, 3.05) is 26.5 Å². The molecule has 1 aromatic heterocycles. The van der Waals surface area contributed by atoms with Crippen molar-refractivity contribution < 1.29 is 19.1 Å². The summed E-state index contributed by atoms with van der Waals surface area (Å²) in [7, 11) is 1.28. The first-order valence-corrected chi connectivity index (χ1v) is 14.2. The number of benzene rings is 2. The number of nitrogens with one attached hydrogen (secondary N) is 1. The number of imidazole rings is 1. The summed E-state index contributed by atoms with van der Waals surface area (Å²) in [6, 6.07) is 12.7. The Morgan fingerprint density at radius 3 is 2.59 bits per heavy atom. The van der Waals surface area contributed by atoms with Crippen molar-refractivity contribution in [1.29, 1.82) is 0 Å². The number of thioether (sulfide) groups is 1. The van der Waals surface area contributed by atoms with E-state index in [1.807, 2.05) is 53.4 Å². The average molecular weight is 588 g/mol. The number of nitrogens with zero attached hydrogens (tertiary/aromatic N) is 3. The van der Waals surface area contributed by atoms with E-state index in [0.29, 0.717) is 27.8 Å². The fourth-order valence-electron chi connectivity index (χ4n) is 4.15. The number of likely N-dealkylation sites (tertiary alicyclic amines) is 1. The van der Waals surface area contributed by atoms with Crippen molar-refractivity contribution in [3.05, 3.63) is 87.9 Å². The van der Waals surface area contributed by atoms with E-state index >= 15 is 0 Å². The number of carbonyl (C=O) groups excluding carboxylic acids is 3. The summed E-state index contributed by atoms with van der Waals surface area (Å²) < 4.78 is 6.82. The summed E-state index contributed by atoms with van der Waals surface area (Å²) in [5.74, 6) is -1.54. The number of esters is 1. The minimum absolute atomic E-state index is 0.191. The summed E-state index contributed by atoms with van der Waals surface area (Å²) in [5, 5.41) is 3.59. The molecular formula is C28H28Cl2N4O4S. The SMILES string of the molecule is COC(=O)C(Cc1cn(Cc2ccccc2)cn1)NC(=O)C1CN(C(=O)C=Cc2ccc(SC)c(Cl)c2Cl)C1. The first-order valence-electron chi connectivity index (χ1n) is 12.2. The van der Waals surface area contributed by atoms with Crippen LogP contribution in [0.25, 0.3) is 6.08 Å². The molecule has 39 heavy (non-hydrogen) atoms. The summed E-state index contributed by atoms with van der Waals surface area (Å²) in [5.41, 5.74) is 2.41. The van der Waals surface area contributed by atoms with Crippen molar-refractivity contribution >= 4 is 58.8 Å². The number of aromatic nitrogens is 2. The average Bonchev–Trinajstić information content (AvgIpc) is 3.35. The smallest absolute Gasteiger partial charge is 0.328 e. The van der Waals surface area contributed by atoms with Crippen LogP contribution >= 0.6 is 35.0 Å². The molecule has 1 aliphatic rings. The molecule has 2 aromatic carbocycles. The van der Waals surface area contributed by atoms with E-state index in [2.05, 4.69) is 10.3 Å². The molecule has 0 spiro atoms. The standard InChI is InChI=1S/C28H28Cl2N4O4S/c1-38-28(37)22(12-21-16-33(17-31-21)13-18-6-4-3-5-7-18)32-27(36)20-14-34(15-20)24(35)11-9-19-8-10-23(39-2)26(30)25(19)29/h3-11,16-17,20,22H,12-15H2,1-2H3,(H,32,36). The predicted molar refractivity (Wildman–Crippen MR) is 153 cm³/mol. The lowest BCUT2D eigenvalue weighted by Gasteiger charge is -2.38. The highest BCUT2D eigenvalue weighted by Crippen LogP contribution is 2.35. The molecule has 204 valence electrons. The van der Waals surface area contributed by atoms with Crippen LogP contribution in [-0.2, 0) is 32.1 Å². The zero-order valence-corrected chi connectivity index (χ0v) is 23.8. The molecule has 2 amide bonds. The molecule has 0 aliphatic carbocycles. The molecule has 11 heteroatoms. The van der Waals surface area contributed by atoms with Gasteiger partial charge in [0.15, 0.2) is 0 Å². The first kappa shape index (κ1) is 28.7. The highest BCUT2D eigenvalue weighted by molar-refractivity contribution is 7.98. The van der Waals surface area contributed by atoms with E-state index in [0.717, 1.165) is 10.5 Å². The summed E-state index contributed by atoms with van der Waals surface area (Å²) in [6.07, 6.45) is 8.66. The number of carbonyl (C=O) groups is 3. The molecular weight excluding hydrogens is 559 g/mol. The lowest BCUT2D eigenvalue weighted by molar-refractivity contribution is -0.148. The maximum absolute atomic E-state index is 12.8. The number of ether oxygens (including phenoxy) is 1. The van der Waals surface area contributed by atoms with Gasteiger partial charge >= 0.3 is 5.97 Å². The quantitative estimate of drug-likeness (QED) is 0.216. The van der Waals surface area contributed by atoms with Gasteiger partial charge in [-0.3, -0.25) is 9.59 Å². The minimum atomic E-state index is -0.886. The van der Waals surface area contributed by atoms with Crippen LogP contribution in [0.15, 0.2) is 66.0 Å².